The number of nitrogens with zero attached hydrogens (tertiary/aromatic N) is 4. The fourth-order valence-electron chi connectivity index (χ4n) is 3.44. The van der Waals surface area contributed by atoms with Crippen molar-refractivity contribution in [1.82, 2.24) is 19.9 Å². The molecule has 4 aromatic rings. The van der Waals surface area contributed by atoms with Gasteiger partial charge in [0.05, 0.1) is 33.3 Å². The van der Waals surface area contributed by atoms with Crippen LogP contribution in [0.4, 0.5) is 5.69 Å². The molecule has 0 spiro atoms. The number of fused-ring (bicyclic) bond motifs is 2. The number of thiazole rings is 1. The molecule has 3 aromatic heterocycles. The minimum Gasteiger partial charge on any atom is -0.396 e. The molecule has 1 amide bonds. The monoisotopic (exact) mass is 395 g/mol. The van der Waals surface area contributed by atoms with Crippen molar-refractivity contribution < 1.29 is 4.79 Å². The van der Waals surface area contributed by atoms with Gasteiger partial charge >= 0.3 is 0 Å². The first-order valence-corrected chi connectivity index (χ1v) is 10.6. The van der Waals surface area contributed by atoms with Gasteiger partial charge in [0.25, 0.3) is 5.91 Å². The Morgan fingerprint density at radius 2 is 2.00 bits per heavy atom. The van der Waals surface area contributed by atoms with Gasteiger partial charge in [-0.15, -0.1) is 22.7 Å². The van der Waals surface area contributed by atoms with Crippen molar-refractivity contribution in [1.29, 1.82) is 0 Å². The van der Waals surface area contributed by atoms with E-state index in [0.29, 0.717) is 20.9 Å². The number of carbonyl (C=O) groups is 1. The van der Waals surface area contributed by atoms with E-state index in [2.05, 4.69) is 16.0 Å². The van der Waals surface area contributed by atoms with E-state index in [1.165, 1.54) is 17.8 Å². The Kier molecular flexibility index (Phi) is 4.02. The van der Waals surface area contributed by atoms with Crippen LogP contribution < -0.4 is 5.73 Å². The van der Waals surface area contributed by atoms with Crippen LogP contribution in [0, 0.1) is 0 Å². The van der Waals surface area contributed by atoms with Gasteiger partial charge in [-0.1, -0.05) is 6.07 Å². The number of nitrogen functional groups attached to an aromatic ring is 1. The molecular formula is C19H17N5OS2. The van der Waals surface area contributed by atoms with Crippen LogP contribution >= 0.6 is 22.7 Å². The van der Waals surface area contributed by atoms with Crippen LogP contribution in [0.3, 0.4) is 0 Å². The number of nitrogens with two attached hydrogens (primary N) is 1. The third-order valence-corrected chi connectivity index (χ3v) is 6.77. The van der Waals surface area contributed by atoms with Gasteiger partial charge in [0.15, 0.2) is 0 Å². The van der Waals surface area contributed by atoms with Crippen molar-refractivity contribution in [2.75, 3.05) is 18.8 Å². The maximum atomic E-state index is 12.9. The van der Waals surface area contributed by atoms with Crippen LogP contribution in [-0.2, 0) is 0 Å². The molecule has 4 heterocycles. The van der Waals surface area contributed by atoms with Crippen LogP contribution in [0.25, 0.3) is 31.8 Å². The SMILES string of the molecule is Nc1c(C(=O)N2CCCCC2)sc2nc(-c3ccc4ncsc4c3)cnc12. The van der Waals surface area contributed by atoms with Gasteiger partial charge < -0.3 is 10.6 Å². The zero-order chi connectivity index (χ0) is 18.4. The number of anilines is 1. The number of carbonyl (C=O) groups excluding carboxylic acids is 1. The zero-order valence-corrected chi connectivity index (χ0v) is 16.1. The highest BCUT2D eigenvalue weighted by molar-refractivity contribution is 7.21. The number of benzene rings is 1. The van der Waals surface area contributed by atoms with Gasteiger partial charge in [0, 0.05) is 18.7 Å². The average molecular weight is 396 g/mol. The molecular weight excluding hydrogens is 378 g/mol. The summed E-state index contributed by atoms with van der Waals surface area (Å²) in [6, 6.07) is 6.05. The maximum Gasteiger partial charge on any atom is 0.266 e. The van der Waals surface area contributed by atoms with E-state index in [4.69, 9.17) is 10.7 Å². The molecule has 8 heteroatoms. The van der Waals surface area contributed by atoms with E-state index >= 15 is 0 Å². The second-order valence-corrected chi connectivity index (χ2v) is 8.53. The maximum absolute atomic E-state index is 12.9. The molecule has 1 saturated heterocycles. The lowest BCUT2D eigenvalue weighted by molar-refractivity contribution is 0.0730. The van der Waals surface area contributed by atoms with Crippen molar-refractivity contribution in [3.63, 3.8) is 0 Å². The standard InChI is InChI=1S/C19H17N5OS2/c20-15-16-18(27-17(15)19(25)24-6-2-1-3-7-24)23-13(9-21-16)11-4-5-12-14(8-11)26-10-22-12/h4-5,8-10H,1-3,6-7,20H2. The van der Waals surface area contributed by atoms with Crippen LogP contribution in [0.15, 0.2) is 29.9 Å². The highest BCUT2D eigenvalue weighted by atomic mass is 32.1. The topological polar surface area (TPSA) is 85.0 Å². The minimum atomic E-state index is 0.00429. The van der Waals surface area contributed by atoms with E-state index in [1.807, 2.05) is 22.5 Å². The zero-order valence-electron chi connectivity index (χ0n) is 14.5. The molecule has 136 valence electrons. The summed E-state index contributed by atoms with van der Waals surface area (Å²) < 4.78 is 1.11. The lowest BCUT2D eigenvalue weighted by Crippen LogP contribution is -2.35. The summed E-state index contributed by atoms with van der Waals surface area (Å²) in [5.41, 5.74) is 11.9. The molecule has 2 N–H and O–H groups in total. The minimum absolute atomic E-state index is 0.00429. The first-order chi connectivity index (χ1) is 13.2. The van der Waals surface area contributed by atoms with Crippen LogP contribution in [0.2, 0.25) is 0 Å². The van der Waals surface area contributed by atoms with Crippen LogP contribution in [0.1, 0.15) is 28.9 Å². The van der Waals surface area contributed by atoms with Gasteiger partial charge in [0.2, 0.25) is 0 Å². The van der Waals surface area contributed by atoms with Gasteiger partial charge in [-0.3, -0.25) is 4.79 Å². The van der Waals surface area contributed by atoms with Crippen LogP contribution in [-0.4, -0.2) is 38.8 Å². The molecule has 1 aliphatic heterocycles. The average Bonchev–Trinajstić information content (AvgIpc) is 3.31. The number of hydrogen-bond acceptors (Lipinski definition) is 7. The largest absolute Gasteiger partial charge is 0.396 e. The summed E-state index contributed by atoms with van der Waals surface area (Å²) in [7, 11) is 0. The van der Waals surface area contributed by atoms with Crippen LogP contribution in [0.5, 0.6) is 0 Å². The lowest BCUT2D eigenvalue weighted by atomic mass is 10.1. The number of likely N-dealkylation sites (tertiary alicyclic amines) is 1. The molecule has 5 rings (SSSR count). The Hall–Kier alpha value is -2.58. The third kappa shape index (κ3) is 2.85. The van der Waals surface area contributed by atoms with E-state index in [0.717, 1.165) is 47.4 Å². The predicted molar refractivity (Wildman–Crippen MR) is 110 cm³/mol. The Morgan fingerprint density at radius 3 is 2.85 bits per heavy atom. The molecule has 27 heavy (non-hydrogen) atoms. The smallest absolute Gasteiger partial charge is 0.266 e. The normalized spacial score (nSPS) is 14.9. The third-order valence-electron chi connectivity index (χ3n) is 4.90. The fourth-order valence-corrected chi connectivity index (χ4v) is 5.18. The Balaban J connectivity index is 1.54. The van der Waals surface area contributed by atoms with Gasteiger partial charge in [-0.2, -0.15) is 0 Å². The summed E-state index contributed by atoms with van der Waals surface area (Å²) in [6.07, 6.45) is 5.01. The Bertz CT molecular complexity index is 1160. The van der Waals surface area contributed by atoms with E-state index in [1.54, 1.807) is 17.5 Å². The second kappa shape index (κ2) is 6.54. The van der Waals surface area contributed by atoms with Crippen molar-refractivity contribution in [2.45, 2.75) is 19.3 Å². The molecule has 0 unspecified atom stereocenters. The molecule has 1 aliphatic rings. The van der Waals surface area contributed by atoms with E-state index in [9.17, 15) is 4.79 Å². The second-order valence-electron chi connectivity index (χ2n) is 6.64. The highest BCUT2D eigenvalue weighted by Crippen LogP contribution is 2.34. The summed E-state index contributed by atoms with van der Waals surface area (Å²) in [5.74, 6) is 0.00429. The number of rotatable bonds is 2. The molecule has 0 radical (unpaired) electrons. The van der Waals surface area contributed by atoms with Crippen molar-refractivity contribution in [3.8, 4) is 11.3 Å². The summed E-state index contributed by atoms with van der Waals surface area (Å²) in [6.45, 7) is 1.60. The first kappa shape index (κ1) is 16.6. The lowest BCUT2D eigenvalue weighted by Gasteiger charge is -2.26. The fraction of sp³-hybridized carbons (Fsp3) is 0.263. The number of hydrogen-bond donors (Lipinski definition) is 1. The van der Waals surface area contributed by atoms with Gasteiger partial charge in [-0.05, 0) is 31.4 Å². The molecule has 1 fully saturated rings. The summed E-state index contributed by atoms with van der Waals surface area (Å²) >= 11 is 2.94. The summed E-state index contributed by atoms with van der Waals surface area (Å²) in [4.78, 5) is 29.6. The molecule has 0 bridgehead atoms. The summed E-state index contributed by atoms with van der Waals surface area (Å²) in [5, 5.41) is 0. The molecule has 6 nitrogen and oxygen atoms in total. The van der Waals surface area contributed by atoms with Crippen molar-refractivity contribution in [3.05, 3.63) is 34.8 Å². The van der Waals surface area contributed by atoms with Gasteiger partial charge in [-0.25, -0.2) is 15.0 Å². The Morgan fingerprint density at radius 1 is 1.15 bits per heavy atom. The quantitative estimate of drug-likeness (QED) is 0.550. The van der Waals surface area contributed by atoms with Crippen molar-refractivity contribution >= 4 is 54.8 Å². The molecule has 0 aliphatic carbocycles. The Labute approximate surface area is 163 Å². The van der Waals surface area contributed by atoms with E-state index in [-0.39, 0.29) is 5.91 Å². The number of piperidine rings is 1. The number of aromatic nitrogens is 3. The highest BCUT2D eigenvalue weighted by Gasteiger charge is 2.24. The van der Waals surface area contributed by atoms with E-state index < -0.39 is 0 Å². The predicted octanol–water partition coefficient (Wildman–Crippen LogP) is 4.18. The number of thiophene rings is 1. The van der Waals surface area contributed by atoms with Gasteiger partial charge in [0.1, 0.15) is 15.2 Å². The molecule has 1 aromatic carbocycles. The molecule has 0 saturated carbocycles. The first-order valence-electron chi connectivity index (χ1n) is 8.88. The van der Waals surface area contributed by atoms with Crippen molar-refractivity contribution in [2.24, 2.45) is 0 Å². The molecule has 0 atom stereocenters. The number of amides is 1.